The van der Waals surface area contributed by atoms with E-state index in [2.05, 4.69) is 15.9 Å². The quantitative estimate of drug-likeness (QED) is 0.757. The fourth-order valence-electron chi connectivity index (χ4n) is 1.60. The van der Waals surface area contributed by atoms with Crippen LogP contribution in [-0.2, 0) is 0 Å². The SMILES string of the molecule is Cc1c(Br)cccc1C(=O)c1ccccc1. The highest BCUT2D eigenvalue weighted by Crippen LogP contribution is 2.21. The van der Waals surface area contributed by atoms with Gasteiger partial charge >= 0.3 is 0 Å². The van der Waals surface area contributed by atoms with Crippen LogP contribution < -0.4 is 0 Å². The molecule has 0 aromatic heterocycles. The zero-order valence-corrected chi connectivity index (χ0v) is 10.5. The number of benzene rings is 2. The summed E-state index contributed by atoms with van der Waals surface area (Å²) >= 11 is 3.43. The van der Waals surface area contributed by atoms with Crippen molar-refractivity contribution in [2.45, 2.75) is 6.92 Å². The van der Waals surface area contributed by atoms with Crippen molar-refractivity contribution in [3.8, 4) is 0 Å². The number of hydrogen-bond donors (Lipinski definition) is 0. The Labute approximate surface area is 103 Å². The number of ketones is 1. The summed E-state index contributed by atoms with van der Waals surface area (Å²) in [5, 5.41) is 0. The molecule has 2 heteroatoms. The molecule has 16 heavy (non-hydrogen) atoms. The van der Waals surface area contributed by atoms with Crippen molar-refractivity contribution < 1.29 is 4.79 Å². The molecule has 1 nitrogen and oxygen atoms in total. The first-order chi connectivity index (χ1) is 7.70. The van der Waals surface area contributed by atoms with E-state index in [1.807, 2.05) is 55.5 Å². The van der Waals surface area contributed by atoms with E-state index in [-0.39, 0.29) is 5.78 Å². The van der Waals surface area contributed by atoms with Crippen molar-refractivity contribution in [1.29, 1.82) is 0 Å². The second-order valence-corrected chi connectivity index (χ2v) is 4.46. The second kappa shape index (κ2) is 4.62. The van der Waals surface area contributed by atoms with Crippen molar-refractivity contribution in [3.63, 3.8) is 0 Å². The number of carbonyl (C=O) groups is 1. The molecule has 0 fully saturated rings. The van der Waals surface area contributed by atoms with Crippen molar-refractivity contribution in [2.75, 3.05) is 0 Å². The molecule has 0 bridgehead atoms. The topological polar surface area (TPSA) is 17.1 Å². The van der Waals surface area contributed by atoms with E-state index in [0.29, 0.717) is 0 Å². The van der Waals surface area contributed by atoms with Gasteiger partial charge in [0.1, 0.15) is 0 Å². The number of halogens is 1. The third-order valence-electron chi connectivity index (χ3n) is 2.55. The Morgan fingerprint density at radius 3 is 2.38 bits per heavy atom. The van der Waals surface area contributed by atoms with E-state index in [1.165, 1.54) is 0 Å². The van der Waals surface area contributed by atoms with E-state index < -0.39 is 0 Å². The maximum Gasteiger partial charge on any atom is 0.193 e. The van der Waals surface area contributed by atoms with Crippen molar-refractivity contribution >= 4 is 21.7 Å². The highest BCUT2D eigenvalue weighted by atomic mass is 79.9. The Kier molecular flexibility index (Phi) is 3.20. The van der Waals surface area contributed by atoms with Crippen LogP contribution in [-0.4, -0.2) is 5.78 Å². The van der Waals surface area contributed by atoms with Gasteiger partial charge < -0.3 is 0 Å². The lowest BCUT2D eigenvalue weighted by Gasteiger charge is -2.06. The number of carbonyl (C=O) groups excluding carboxylic acids is 1. The van der Waals surface area contributed by atoms with Crippen molar-refractivity contribution in [3.05, 3.63) is 69.7 Å². The van der Waals surface area contributed by atoms with Crippen molar-refractivity contribution in [1.82, 2.24) is 0 Å². The molecule has 0 amide bonds. The van der Waals surface area contributed by atoms with Gasteiger partial charge in [0.25, 0.3) is 0 Å². The molecule has 0 radical (unpaired) electrons. The van der Waals surface area contributed by atoms with Gasteiger partial charge in [0.15, 0.2) is 5.78 Å². The van der Waals surface area contributed by atoms with Gasteiger partial charge in [-0.15, -0.1) is 0 Å². The Bertz CT molecular complexity index is 518. The Morgan fingerprint density at radius 2 is 1.69 bits per heavy atom. The molecular weight excluding hydrogens is 264 g/mol. The maximum absolute atomic E-state index is 12.2. The summed E-state index contributed by atoms with van der Waals surface area (Å²) in [6, 6.07) is 15.0. The Hall–Kier alpha value is -1.41. The van der Waals surface area contributed by atoms with Crippen molar-refractivity contribution in [2.24, 2.45) is 0 Å². The first-order valence-corrected chi connectivity index (χ1v) is 5.84. The van der Waals surface area contributed by atoms with Gasteiger partial charge in [-0.2, -0.15) is 0 Å². The van der Waals surface area contributed by atoms with E-state index >= 15 is 0 Å². The van der Waals surface area contributed by atoms with E-state index in [0.717, 1.165) is 21.2 Å². The molecular formula is C14H11BrO. The minimum atomic E-state index is 0.0689. The van der Waals surface area contributed by atoms with Crippen LogP contribution in [0.1, 0.15) is 21.5 Å². The highest BCUT2D eigenvalue weighted by molar-refractivity contribution is 9.10. The molecule has 80 valence electrons. The Morgan fingerprint density at radius 1 is 1.00 bits per heavy atom. The van der Waals surface area contributed by atoms with Gasteiger partial charge in [-0.3, -0.25) is 4.79 Å². The molecule has 0 aliphatic carbocycles. The summed E-state index contributed by atoms with van der Waals surface area (Å²) in [4.78, 5) is 12.2. The van der Waals surface area contributed by atoms with Crippen LogP contribution in [0.5, 0.6) is 0 Å². The first-order valence-electron chi connectivity index (χ1n) is 5.05. The first kappa shape index (κ1) is 11.1. The molecule has 0 atom stereocenters. The summed E-state index contributed by atoms with van der Waals surface area (Å²) in [7, 11) is 0. The lowest BCUT2D eigenvalue weighted by atomic mass is 9.99. The second-order valence-electron chi connectivity index (χ2n) is 3.61. The van der Waals surface area contributed by atoms with E-state index in [1.54, 1.807) is 0 Å². The minimum absolute atomic E-state index is 0.0689. The van der Waals surface area contributed by atoms with E-state index in [9.17, 15) is 4.79 Å². The lowest BCUT2D eigenvalue weighted by molar-refractivity contribution is 0.103. The van der Waals surface area contributed by atoms with Crippen LogP contribution in [0.25, 0.3) is 0 Å². The van der Waals surface area contributed by atoms with Crippen LogP contribution in [0.3, 0.4) is 0 Å². The van der Waals surface area contributed by atoms with Crippen LogP contribution in [0, 0.1) is 6.92 Å². The van der Waals surface area contributed by atoms with Crippen LogP contribution in [0.2, 0.25) is 0 Å². The van der Waals surface area contributed by atoms with Crippen LogP contribution in [0.15, 0.2) is 53.0 Å². The fraction of sp³-hybridized carbons (Fsp3) is 0.0714. The van der Waals surface area contributed by atoms with Crippen LogP contribution in [0.4, 0.5) is 0 Å². The lowest BCUT2D eigenvalue weighted by Crippen LogP contribution is -2.03. The maximum atomic E-state index is 12.2. The Balaban J connectivity index is 2.46. The third kappa shape index (κ3) is 2.07. The zero-order chi connectivity index (χ0) is 11.5. The van der Waals surface area contributed by atoms with Gasteiger partial charge in [-0.1, -0.05) is 58.4 Å². The summed E-state index contributed by atoms with van der Waals surface area (Å²) in [5.74, 6) is 0.0689. The standard InChI is InChI=1S/C14H11BrO/c1-10-12(8-5-9-13(10)15)14(16)11-6-3-2-4-7-11/h2-9H,1H3. The molecule has 0 spiro atoms. The highest BCUT2D eigenvalue weighted by Gasteiger charge is 2.12. The molecule has 2 aromatic carbocycles. The molecule has 0 heterocycles. The normalized spacial score (nSPS) is 10.1. The third-order valence-corrected chi connectivity index (χ3v) is 3.41. The van der Waals surface area contributed by atoms with Gasteiger partial charge in [0.2, 0.25) is 0 Å². The van der Waals surface area contributed by atoms with Gasteiger partial charge in [0.05, 0.1) is 0 Å². The van der Waals surface area contributed by atoms with Gasteiger partial charge in [-0.05, 0) is 18.6 Å². The number of rotatable bonds is 2. The van der Waals surface area contributed by atoms with Gasteiger partial charge in [-0.25, -0.2) is 0 Å². The summed E-state index contributed by atoms with van der Waals surface area (Å²) in [5.41, 5.74) is 2.46. The molecule has 2 rings (SSSR count). The fourth-order valence-corrected chi connectivity index (χ4v) is 1.96. The largest absolute Gasteiger partial charge is 0.289 e. The molecule has 0 saturated heterocycles. The predicted molar refractivity (Wildman–Crippen MR) is 68.8 cm³/mol. The summed E-state index contributed by atoms with van der Waals surface area (Å²) in [6.45, 7) is 1.94. The monoisotopic (exact) mass is 274 g/mol. The van der Waals surface area contributed by atoms with E-state index in [4.69, 9.17) is 0 Å². The van der Waals surface area contributed by atoms with Crippen LogP contribution >= 0.6 is 15.9 Å². The number of hydrogen-bond acceptors (Lipinski definition) is 1. The zero-order valence-electron chi connectivity index (χ0n) is 8.91. The molecule has 0 aliphatic rings. The molecule has 0 N–H and O–H groups in total. The minimum Gasteiger partial charge on any atom is -0.289 e. The molecule has 0 aliphatic heterocycles. The molecule has 0 unspecified atom stereocenters. The molecule has 2 aromatic rings. The smallest absolute Gasteiger partial charge is 0.193 e. The summed E-state index contributed by atoms with van der Waals surface area (Å²) in [6.07, 6.45) is 0. The average Bonchev–Trinajstić information content (AvgIpc) is 2.33. The van der Waals surface area contributed by atoms with Gasteiger partial charge in [0, 0.05) is 15.6 Å². The average molecular weight is 275 g/mol. The predicted octanol–water partition coefficient (Wildman–Crippen LogP) is 3.99. The summed E-state index contributed by atoms with van der Waals surface area (Å²) < 4.78 is 0.967. The molecule has 0 saturated carbocycles.